The van der Waals surface area contributed by atoms with E-state index in [1.54, 1.807) is 69.8 Å². The number of pyridine rings is 1. The first-order chi connectivity index (χ1) is 18.9. The van der Waals surface area contributed by atoms with Crippen molar-refractivity contribution in [3.63, 3.8) is 0 Å². The van der Waals surface area contributed by atoms with Crippen LogP contribution in [0.1, 0.15) is 16.1 Å². The quantitative estimate of drug-likeness (QED) is 0.307. The summed E-state index contributed by atoms with van der Waals surface area (Å²) in [5.41, 5.74) is 1.46. The zero-order chi connectivity index (χ0) is 27.5. The van der Waals surface area contributed by atoms with Crippen LogP contribution in [0, 0.1) is 12.7 Å². The van der Waals surface area contributed by atoms with E-state index < -0.39 is 17.3 Å². The first kappa shape index (κ1) is 25.4. The monoisotopic (exact) mass is 526 g/mol. The Balaban J connectivity index is 1.41. The Morgan fingerprint density at radius 3 is 2.41 bits per heavy atom. The maximum absolute atomic E-state index is 13.3. The predicted molar refractivity (Wildman–Crippen MR) is 144 cm³/mol. The lowest BCUT2D eigenvalue weighted by atomic mass is 10.1. The Bertz CT molecular complexity index is 1750. The van der Waals surface area contributed by atoms with E-state index in [0.717, 1.165) is 4.68 Å². The number of carbonyl (C=O) groups excluding carboxylic acids is 1. The number of aryl methyl sites for hydroxylation is 1. The molecule has 0 unspecified atom stereocenters. The molecular formula is C29H23FN4O5. The lowest BCUT2D eigenvalue weighted by Gasteiger charge is -2.13. The number of methoxy groups -OCH3 is 2. The van der Waals surface area contributed by atoms with Gasteiger partial charge in [-0.25, -0.2) is 4.39 Å². The van der Waals surface area contributed by atoms with E-state index in [1.165, 1.54) is 30.3 Å². The molecular weight excluding hydrogens is 503 g/mol. The third-order valence-corrected chi connectivity index (χ3v) is 5.94. The van der Waals surface area contributed by atoms with E-state index in [1.807, 2.05) is 0 Å². The van der Waals surface area contributed by atoms with Crippen molar-refractivity contribution >= 4 is 22.5 Å². The standard InChI is InChI=1S/C29H23FN4O5/c1-17-13-27(35)34(20-9-7-18(30)8-10-20)33-28(17)29(36)32-19-5-4-6-21(14-19)39-24-11-12-31-23-16-26(38-3)25(37-2)15-22(23)24/h4-16H,1-3H3,(H,32,36). The fourth-order valence-electron chi connectivity index (χ4n) is 4.03. The number of hydrogen-bond donors (Lipinski definition) is 1. The molecule has 196 valence electrons. The second kappa shape index (κ2) is 10.6. The van der Waals surface area contributed by atoms with E-state index in [9.17, 15) is 14.0 Å². The molecule has 0 saturated heterocycles. The highest BCUT2D eigenvalue weighted by molar-refractivity contribution is 6.03. The summed E-state index contributed by atoms with van der Waals surface area (Å²) in [5.74, 6) is 1.12. The van der Waals surface area contributed by atoms with Crippen LogP contribution in [0.15, 0.2) is 83.8 Å². The Morgan fingerprint density at radius 2 is 1.67 bits per heavy atom. The second-order valence-corrected chi connectivity index (χ2v) is 8.52. The van der Waals surface area contributed by atoms with E-state index in [4.69, 9.17) is 14.2 Å². The molecule has 1 N–H and O–H groups in total. The van der Waals surface area contributed by atoms with Crippen LogP contribution in [0.25, 0.3) is 16.6 Å². The topological polar surface area (TPSA) is 105 Å². The highest BCUT2D eigenvalue weighted by Gasteiger charge is 2.16. The average Bonchev–Trinajstić information content (AvgIpc) is 2.93. The molecule has 5 aromatic rings. The van der Waals surface area contributed by atoms with Crippen LogP contribution in [0.4, 0.5) is 10.1 Å². The summed E-state index contributed by atoms with van der Waals surface area (Å²) in [6.07, 6.45) is 1.62. The van der Waals surface area contributed by atoms with Crippen molar-refractivity contribution in [1.82, 2.24) is 14.8 Å². The van der Waals surface area contributed by atoms with Gasteiger partial charge in [0.05, 0.1) is 25.4 Å². The number of amides is 1. The summed E-state index contributed by atoms with van der Waals surface area (Å²) in [7, 11) is 3.10. The Labute approximate surface area is 222 Å². The van der Waals surface area contributed by atoms with Gasteiger partial charge in [0.2, 0.25) is 0 Å². The average molecular weight is 527 g/mol. The van der Waals surface area contributed by atoms with Crippen LogP contribution in [0.2, 0.25) is 0 Å². The van der Waals surface area contributed by atoms with Gasteiger partial charge in [0.1, 0.15) is 17.3 Å². The van der Waals surface area contributed by atoms with Crippen LogP contribution in [-0.4, -0.2) is 34.9 Å². The van der Waals surface area contributed by atoms with Gasteiger partial charge in [0.25, 0.3) is 11.5 Å². The van der Waals surface area contributed by atoms with Crippen LogP contribution < -0.4 is 25.1 Å². The molecule has 0 bridgehead atoms. The van der Waals surface area contributed by atoms with E-state index in [0.29, 0.717) is 50.8 Å². The van der Waals surface area contributed by atoms with Gasteiger partial charge in [0.15, 0.2) is 17.2 Å². The van der Waals surface area contributed by atoms with Gasteiger partial charge in [-0.05, 0) is 61.0 Å². The zero-order valence-corrected chi connectivity index (χ0v) is 21.3. The highest BCUT2D eigenvalue weighted by Crippen LogP contribution is 2.37. The van der Waals surface area contributed by atoms with Crippen molar-refractivity contribution in [2.45, 2.75) is 6.92 Å². The lowest BCUT2D eigenvalue weighted by molar-refractivity contribution is 0.102. The van der Waals surface area contributed by atoms with Crippen molar-refractivity contribution in [2.75, 3.05) is 19.5 Å². The number of carbonyl (C=O) groups is 1. The van der Waals surface area contributed by atoms with Crippen LogP contribution in [0.5, 0.6) is 23.0 Å². The van der Waals surface area contributed by atoms with Gasteiger partial charge < -0.3 is 19.5 Å². The number of benzene rings is 3. The molecule has 0 fully saturated rings. The maximum atomic E-state index is 13.3. The summed E-state index contributed by atoms with van der Waals surface area (Å²) in [6, 6.07) is 18.7. The maximum Gasteiger partial charge on any atom is 0.276 e. The number of rotatable bonds is 7. The van der Waals surface area contributed by atoms with Gasteiger partial charge >= 0.3 is 0 Å². The van der Waals surface area contributed by atoms with E-state index in [2.05, 4.69) is 15.4 Å². The third-order valence-electron chi connectivity index (χ3n) is 5.94. The molecule has 0 aliphatic heterocycles. The summed E-state index contributed by atoms with van der Waals surface area (Å²) >= 11 is 0. The van der Waals surface area contributed by atoms with Crippen molar-refractivity contribution in [2.24, 2.45) is 0 Å². The smallest absolute Gasteiger partial charge is 0.276 e. The molecule has 0 atom stereocenters. The predicted octanol–water partition coefficient (Wildman–Crippen LogP) is 5.29. The molecule has 0 spiro atoms. The van der Waals surface area contributed by atoms with Crippen LogP contribution in [-0.2, 0) is 0 Å². The molecule has 9 nitrogen and oxygen atoms in total. The van der Waals surface area contributed by atoms with Crippen molar-refractivity contribution in [1.29, 1.82) is 0 Å². The number of nitrogens with one attached hydrogen (secondary N) is 1. The number of anilines is 1. The first-order valence-electron chi connectivity index (χ1n) is 11.8. The molecule has 1 amide bonds. The van der Waals surface area contributed by atoms with Gasteiger partial charge in [-0.15, -0.1) is 0 Å². The molecule has 5 rings (SSSR count). The highest BCUT2D eigenvalue weighted by atomic mass is 19.1. The molecule has 3 aromatic carbocycles. The molecule has 2 heterocycles. The fraction of sp³-hybridized carbons (Fsp3) is 0.103. The van der Waals surface area contributed by atoms with Gasteiger partial charge in [-0.1, -0.05) is 6.07 Å². The Kier molecular flexibility index (Phi) is 6.92. The summed E-state index contributed by atoms with van der Waals surface area (Å²) < 4.78 is 31.3. The zero-order valence-electron chi connectivity index (χ0n) is 21.3. The van der Waals surface area contributed by atoms with Crippen LogP contribution in [0.3, 0.4) is 0 Å². The van der Waals surface area contributed by atoms with E-state index in [-0.39, 0.29) is 5.69 Å². The third kappa shape index (κ3) is 5.26. The number of ether oxygens (including phenoxy) is 3. The Morgan fingerprint density at radius 1 is 0.923 bits per heavy atom. The van der Waals surface area contributed by atoms with Gasteiger partial charge in [-0.3, -0.25) is 14.6 Å². The van der Waals surface area contributed by atoms with Crippen molar-refractivity contribution < 1.29 is 23.4 Å². The minimum atomic E-state index is -0.522. The van der Waals surface area contributed by atoms with Crippen LogP contribution >= 0.6 is 0 Å². The molecule has 0 aliphatic carbocycles. The summed E-state index contributed by atoms with van der Waals surface area (Å²) in [5, 5.41) is 7.74. The fourth-order valence-corrected chi connectivity index (χ4v) is 4.03. The number of halogens is 1. The van der Waals surface area contributed by atoms with Crippen molar-refractivity contribution in [3.8, 4) is 28.7 Å². The van der Waals surface area contributed by atoms with Gasteiger partial charge in [0, 0.05) is 35.5 Å². The summed E-state index contributed by atoms with van der Waals surface area (Å²) in [6.45, 7) is 1.62. The molecule has 0 saturated carbocycles. The first-order valence-corrected chi connectivity index (χ1v) is 11.8. The van der Waals surface area contributed by atoms with E-state index >= 15 is 0 Å². The molecule has 0 aliphatic rings. The largest absolute Gasteiger partial charge is 0.493 e. The SMILES string of the molecule is COc1cc2nccc(Oc3cccc(NC(=O)c4nn(-c5ccc(F)cc5)c(=O)cc4C)c3)c2cc1OC. The van der Waals surface area contributed by atoms with Gasteiger partial charge in [-0.2, -0.15) is 9.78 Å². The Hall–Kier alpha value is -5.25. The number of aromatic nitrogens is 3. The van der Waals surface area contributed by atoms with Crippen molar-refractivity contribution in [3.05, 3.63) is 106 Å². The minimum absolute atomic E-state index is 0.0476. The number of nitrogens with zero attached hydrogens (tertiary/aromatic N) is 3. The second-order valence-electron chi connectivity index (χ2n) is 8.52. The normalized spacial score (nSPS) is 10.8. The lowest BCUT2D eigenvalue weighted by Crippen LogP contribution is -2.26. The number of fused-ring (bicyclic) bond motifs is 1. The minimum Gasteiger partial charge on any atom is -0.493 e. The molecule has 0 radical (unpaired) electrons. The molecule has 39 heavy (non-hydrogen) atoms. The summed E-state index contributed by atoms with van der Waals surface area (Å²) in [4.78, 5) is 30.0. The number of hydrogen-bond acceptors (Lipinski definition) is 7. The molecule has 10 heteroatoms. The molecule has 2 aromatic heterocycles.